The van der Waals surface area contributed by atoms with Gasteiger partial charge in [0.2, 0.25) is 0 Å². The molecule has 13 heavy (non-hydrogen) atoms. The molecule has 2 heteroatoms. The van der Waals surface area contributed by atoms with Gasteiger partial charge in [0.1, 0.15) is 0 Å². The quantitative estimate of drug-likeness (QED) is 0.727. The van der Waals surface area contributed by atoms with Crippen LogP contribution in [0, 0.1) is 5.92 Å². The monoisotopic (exact) mass is 185 g/mol. The Labute approximate surface area is 82.0 Å². The Morgan fingerprint density at radius 2 is 1.92 bits per heavy atom. The maximum Gasteiger partial charge on any atom is 0.0779 e. The number of hydrogen-bond acceptors (Lipinski definition) is 2. The van der Waals surface area contributed by atoms with Crippen LogP contribution in [-0.4, -0.2) is 24.3 Å². The van der Waals surface area contributed by atoms with E-state index in [0.717, 1.165) is 13.0 Å². The van der Waals surface area contributed by atoms with Gasteiger partial charge in [-0.2, -0.15) is 0 Å². The molecule has 0 aliphatic carbocycles. The van der Waals surface area contributed by atoms with E-state index in [-0.39, 0.29) is 5.60 Å². The van der Waals surface area contributed by atoms with Crippen molar-refractivity contribution < 1.29 is 4.74 Å². The molecule has 1 saturated heterocycles. The van der Waals surface area contributed by atoms with Crippen LogP contribution in [0.5, 0.6) is 0 Å². The number of nitrogens with one attached hydrogen (secondary N) is 1. The van der Waals surface area contributed by atoms with Crippen LogP contribution in [0.4, 0.5) is 0 Å². The normalized spacial score (nSPS) is 29.5. The second-order valence-electron chi connectivity index (χ2n) is 4.99. The topological polar surface area (TPSA) is 21.3 Å². The lowest BCUT2D eigenvalue weighted by atomic mass is 9.96. The largest absolute Gasteiger partial charge is 0.374 e. The van der Waals surface area contributed by atoms with E-state index in [1.54, 1.807) is 0 Å². The van der Waals surface area contributed by atoms with Crippen molar-refractivity contribution >= 4 is 0 Å². The minimum absolute atomic E-state index is 0.0170. The molecule has 0 saturated carbocycles. The first-order valence-corrected chi connectivity index (χ1v) is 5.33. The molecule has 1 aliphatic rings. The fraction of sp³-hybridized carbons (Fsp3) is 1.00. The van der Waals surface area contributed by atoms with Gasteiger partial charge in [-0.3, -0.25) is 0 Å². The minimum atomic E-state index is 0.0170. The van der Waals surface area contributed by atoms with Crippen molar-refractivity contribution in [1.29, 1.82) is 0 Å². The third-order valence-electron chi connectivity index (χ3n) is 3.18. The van der Waals surface area contributed by atoms with E-state index in [1.807, 2.05) is 0 Å². The fourth-order valence-electron chi connectivity index (χ4n) is 1.68. The molecule has 2 unspecified atom stereocenters. The Morgan fingerprint density at radius 1 is 1.31 bits per heavy atom. The zero-order valence-corrected chi connectivity index (χ0v) is 9.55. The van der Waals surface area contributed by atoms with Crippen molar-refractivity contribution in [3.8, 4) is 0 Å². The van der Waals surface area contributed by atoms with Gasteiger partial charge in [0.15, 0.2) is 0 Å². The smallest absolute Gasteiger partial charge is 0.0779 e. The van der Waals surface area contributed by atoms with Crippen LogP contribution in [0.25, 0.3) is 0 Å². The van der Waals surface area contributed by atoms with Crippen molar-refractivity contribution in [2.75, 3.05) is 6.61 Å². The Balaban J connectivity index is 2.45. The van der Waals surface area contributed by atoms with Crippen LogP contribution in [0.3, 0.4) is 0 Å². The highest BCUT2D eigenvalue weighted by Gasteiger charge is 2.36. The van der Waals surface area contributed by atoms with Gasteiger partial charge in [0, 0.05) is 18.7 Å². The van der Waals surface area contributed by atoms with Gasteiger partial charge in [-0.25, -0.2) is 0 Å². The van der Waals surface area contributed by atoms with Gasteiger partial charge >= 0.3 is 0 Å². The molecule has 0 aromatic rings. The summed E-state index contributed by atoms with van der Waals surface area (Å²) in [6, 6.07) is 1.09. The van der Waals surface area contributed by atoms with Crippen LogP contribution in [-0.2, 0) is 4.74 Å². The lowest BCUT2D eigenvalue weighted by molar-refractivity contribution is 0.0188. The van der Waals surface area contributed by atoms with E-state index >= 15 is 0 Å². The van der Waals surface area contributed by atoms with Crippen LogP contribution in [0.2, 0.25) is 0 Å². The summed E-state index contributed by atoms with van der Waals surface area (Å²) >= 11 is 0. The summed E-state index contributed by atoms with van der Waals surface area (Å²) in [4.78, 5) is 0. The molecule has 0 bridgehead atoms. The summed E-state index contributed by atoms with van der Waals surface area (Å²) in [5, 5.41) is 3.64. The third-order valence-corrected chi connectivity index (χ3v) is 3.18. The second kappa shape index (κ2) is 3.97. The van der Waals surface area contributed by atoms with E-state index in [4.69, 9.17) is 4.74 Å². The second-order valence-corrected chi connectivity index (χ2v) is 4.99. The molecule has 0 aromatic carbocycles. The van der Waals surface area contributed by atoms with Crippen molar-refractivity contribution in [2.45, 2.75) is 58.7 Å². The van der Waals surface area contributed by atoms with E-state index < -0.39 is 0 Å². The molecule has 78 valence electrons. The molecule has 0 amide bonds. The van der Waals surface area contributed by atoms with Gasteiger partial charge in [0.05, 0.1) is 5.60 Å². The lowest BCUT2D eigenvalue weighted by Gasteiger charge is -2.31. The Hall–Kier alpha value is -0.0800. The van der Waals surface area contributed by atoms with Gasteiger partial charge in [-0.05, 0) is 33.1 Å². The van der Waals surface area contributed by atoms with Gasteiger partial charge in [0.25, 0.3) is 0 Å². The Kier molecular flexibility index (Phi) is 3.36. The first-order valence-electron chi connectivity index (χ1n) is 5.33. The van der Waals surface area contributed by atoms with Gasteiger partial charge < -0.3 is 10.1 Å². The van der Waals surface area contributed by atoms with Crippen molar-refractivity contribution in [3.63, 3.8) is 0 Å². The van der Waals surface area contributed by atoms with Crippen LogP contribution >= 0.6 is 0 Å². The summed E-state index contributed by atoms with van der Waals surface area (Å²) in [6.07, 6.45) is 1.14. The molecule has 0 aromatic heterocycles. The average molecular weight is 185 g/mol. The molecule has 1 N–H and O–H groups in total. The van der Waals surface area contributed by atoms with E-state index in [0.29, 0.717) is 18.0 Å². The molecule has 1 rings (SSSR count). The van der Waals surface area contributed by atoms with E-state index in [1.165, 1.54) is 0 Å². The maximum absolute atomic E-state index is 5.67. The summed E-state index contributed by atoms with van der Waals surface area (Å²) < 4.78 is 5.67. The van der Waals surface area contributed by atoms with E-state index in [2.05, 4.69) is 39.9 Å². The first kappa shape index (κ1) is 11.0. The predicted octanol–water partition coefficient (Wildman–Crippen LogP) is 2.19. The average Bonchev–Trinajstić information content (AvgIpc) is 2.30. The summed E-state index contributed by atoms with van der Waals surface area (Å²) in [5.41, 5.74) is 0.0170. The zero-order chi connectivity index (χ0) is 10.1. The highest BCUT2D eigenvalue weighted by Crippen LogP contribution is 2.25. The van der Waals surface area contributed by atoms with Crippen molar-refractivity contribution in [1.82, 2.24) is 5.32 Å². The molecule has 1 fully saturated rings. The SMILES string of the molecule is CC(C)C(C)NC1CCOC1(C)C. The molecular formula is C11H23NO. The zero-order valence-electron chi connectivity index (χ0n) is 9.55. The number of hydrogen-bond donors (Lipinski definition) is 1. The fourth-order valence-corrected chi connectivity index (χ4v) is 1.68. The van der Waals surface area contributed by atoms with Crippen LogP contribution in [0.15, 0.2) is 0 Å². The number of rotatable bonds is 3. The predicted molar refractivity (Wildman–Crippen MR) is 55.9 cm³/mol. The summed E-state index contributed by atoms with van der Waals surface area (Å²) in [6.45, 7) is 12.0. The van der Waals surface area contributed by atoms with Crippen molar-refractivity contribution in [2.24, 2.45) is 5.92 Å². The first-order chi connectivity index (χ1) is 5.93. The maximum atomic E-state index is 5.67. The van der Waals surface area contributed by atoms with Crippen molar-refractivity contribution in [3.05, 3.63) is 0 Å². The van der Waals surface area contributed by atoms with Crippen LogP contribution < -0.4 is 5.32 Å². The van der Waals surface area contributed by atoms with Gasteiger partial charge in [-0.1, -0.05) is 13.8 Å². The third kappa shape index (κ3) is 2.68. The molecule has 1 aliphatic heterocycles. The molecule has 2 atom stereocenters. The van der Waals surface area contributed by atoms with Crippen LogP contribution in [0.1, 0.15) is 41.0 Å². The number of ether oxygens (including phenoxy) is 1. The summed E-state index contributed by atoms with van der Waals surface area (Å²) in [5.74, 6) is 0.691. The van der Waals surface area contributed by atoms with E-state index in [9.17, 15) is 0 Å². The Bertz CT molecular complexity index is 165. The standard InChI is InChI=1S/C11H23NO/c1-8(2)9(3)12-10-6-7-13-11(10,4)5/h8-10,12H,6-7H2,1-5H3. The highest BCUT2D eigenvalue weighted by atomic mass is 16.5. The summed E-state index contributed by atoms with van der Waals surface area (Å²) in [7, 11) is 0. The lowest BCUT2D eigenvalue weighted by Crippen LogP contribution is -2.48. The molecule has 2 nitrogen and oxygen atoms in total. The highest BCUT2D eigenvalue weighted by molar-refractivity contribution is 4.91. The molecule has 0 radical (unpaired) electrons. The van der Waals surface area contributed by atoms with Gasteiger partial charge in [-0.15, -0.1) is 0 Å². The molecular weight excluding hydrogens is 162 g/mol. The molecule has 1 heterocycles. The molecule has 0 spiro atoms. The minimum Gasteiger partial charge on any atom is -0.374 e. The Morgan fingerprint density at radius 3 is 2.31 bits per heavy atom.